The van der Waals surface area contributed by atoms with Crippen molar-refractivity contribution in [2.24, 2.45) is 0 Å². The Morgan fingerprint density at radius 1 is 0.800 bits per heavy atom. The maximum atomic E-state index is 13.3. The van der Waals surface area contributed by atoms with Gasteiger partial charge in [-0.25, -0.2) is 0 Å². The first-order chi connectivity index (χ1) is 17.1. The molecule has 0 atom stereocenters. The Morgan fingerprint density at radius 3 is 2.09 bits per heavy atom. The van der Waals surface area contributed by atoms with Crippen LogP contribution in [-0.4, -0.2) is 23.7 Å². The molecule has 0 saturated carbocycles. The molecule has 1 aromatic heterocycles. The van der Waals surface area contributed by atoms with E-state index in [9.17, 15) is 9.59 Å². The average Bonchev–Trinajstić information content (AvgIpc) is 2.89. The zero-order chi connectivity index (χ0) is 24.1. The summed E-state index contributed by atoms with van der Waals surface area (Å²) in [5.41, 5.74) is 4.64. The molecule has 0 aliphatic carbocycles. The lowest BCUT2D eigenvalue weighted by atomic mass is 9.85. The molecule has 4 heteroatoms. The van der Waals surface area contributed by atoms with E-state index in [4.69, 9.17) is 0 Å². The molecule has 5 aromatic carbocycles. The van der Waals surface area contributed by atoms with Gasteiger partial charge in [0.05, 0.1) is 0 Å². The van der Waals surface area contributed by atoms with Gasteiger partial charge in [0.1, 0.15) is 0 Å². The van der Waals surface area contributed by atoms with Crippen molar-refractivity contribution in [3.63, 3.8) is 0 Å². The topological polar surface area (TPSA) is 59.1 Å². The van der Waals surface area contributed by atoms with Crippen LogP contribution in [0.5, 0.6) is 0 Å². The van der Waals surface area contributed by atoms with Crippen LogP contribution >= 0.6 is 0 Å². The highest BCUT2D eigenvalue weighted by molar-refractivity contribution is 6.35. The van der Waals surface area contributed by atoms with Gasteiger partial charge in [-0.3, -0.25) is 14.6 Å². The van der Waals surface area contributed by atoms with Crippen LogP contribution in [0.25, 0.3) is 43.1 Å². The first-order valence-electron chi connectivity index (χ1n) is 11.8. The molecule has 35 heavy (non-hydrogen) atoms. The second kappa shape index (κ2) is 8.17. The van der Waals surface area contributed by atoms with Gasteiger partial charge in [-0.05, 0) is 92.2 Å². The minimum Gasteiger partial charge on any atom is -0.352 e. The van der Waals surface area contributed by atoms with E-state index in [0.717, 1.165) is 72.5 Å². The molecule has 0 aliphatic rings. The lowest BCUT2D eigenvalue weighted by Crippen LogP contribution is -2.26. The van der Waals surface area contributed by atoms with Crippen LogP contribution in [0.1, 0.15) is 37.4 Å². The molecule has 0 aliphatic heterocycles. The molecular formula is C31H24N2O2. The third-order valence-corrected chi connectivity index (χ3v) is 7.14. The van der Waals surface area contributed by atoms with Crippen LogP contribution in [0.2, 0.25) is 0 Å². The molecular weight excluding hydrogens is 432 g/mol. The molecule has 0 unspecified atom stereocenters. The van der Waals surface area contributed by atoms with E-state index in [2.05, 4.69) is 54.5 Å². The summed E-state index contributed by atoms with van der Waals surface area (Å²) in [7, 11) is 0. The van der Waals surface area contributed by atoms with Gasteiger partial charge < -0.3 is 5.32 Å². The number of carbonyl (C=O) groups is 2. The van der Waals surface area contributed by atoms with Crippen molar-refractivity contribution in [3.05, 3.63) is 101 Å². The van der Waals surface area contributed by atoms with Crippen molar-refractivity contribution in [2.75, 3.05) is 6.54 Å². The average molecular weight is 457 g/mol. The van der Waals surface area contributed by atoms with Crippen LogP contribution in [0.15, 0.2) is 73.1 Å². The summed E-state index contributed by atoms with van der Waals surface area (Å²) in [6.45, 7) is 4.66. The largest absolute Gasteiger partial charge is 0.352 e. The number of nitrogens with one attached hydrogen (secondary N) is 1. The molecule has 0 saturated heterocycles. The number of fused-ring (bicyclic) bond motifs is 2. The quantitative estimate of drug-likeness (QED) is 0.182. The number of carbonyl (C=O) groups excluding carboxylic acids is 2. The smallest absolute Gasteiger partial charge is 0.251 e. The monoisotopic (exact) mass is 456 g/mol. The minimum absolute atomic E-state index is 0.0724. The Kier molecular flexibility index (Phi) is 4.96. The van der Waals surface area contributed by atoms with Crippen molar-refractivity contribution in [2.45, 2.75) is 20.3 Å². The Balaban J connectivity index is 1.55. The fourth-order valence-corrected chi connectivity index (χ4v) is 5.51. The number of hydrogen-bond acceptors (Lipinski definition) is 3. The number of rotatable bonds is 5. The molecule has 1 heterocycles. The summed E-state index contributed by atoms with van der Waals surface area (Å²) in [5.74, 6) is -0.0724. The van der Waals surface area contributed by atoms with Gasteiger partial charge in [-0.15, -0.1) is 0 Å². The fraction of sp³-hybridized carbons (Fsp3) is 0.129. The second-order valence-corrected chi connectivity index (χ2v) is 9.21. The van der Waals surface area contributed by atoms with Crippen LogP contribution < -0.4 is 5.32 Å². The number of aryl methyl sites for hydroxylation is 2. The predicted octanol–water partition coefficient (Wildman–Crippen LogP) is 6.53. The highest BCUT2D eigenvalue weighted by Crippen LogP contribution is 2.43. The lowest BCUT2D eigenvalue weighted by Gasteiger charge is -2.19. The SMILES string of the molecule is Cc1ccc2c3ccc(C(=O)NCCc4cccnc4)c4c(C)ccc(c5ccc(C=O)c1c52)c43. The van der Waals surface area contributed by atoms with Crippen molar-refractivity contribution in [3.8, 4) is 0 Å². The van der Waals surface area contributed by atoms with Gasteiger partial charge in [0.2, 0.25) is 0 Å². The first kappa shape index (κ1) is 21.2. The van der Waals surface area contributed by atoms with E-state index < -0.39 is 0 Å². The predicted molar refractivity (Wildman–Crippen MR) is 143 cm³/mol. The van der Waals surface area contributed by atoms with Gasteiger partial charge in [-0.2, -0.15) is 0 Å². The number of aromatic nitrogens is 1. The Morgan fingerprint density at radius 2 is 1.43 bits per heavy atom. The molecule has 6 rings (SSSR count). The maximum Gasteiger partial charge on any atom is 0.251 e. The van der Waals surface area contributed by atoms with Crippen molar-refractivity contribution >= 4 is 55.3 Å². The highest BCUT2D eigenvalue weighted by atomic mass is 16.1. The van der Waals surface area contributed by atoms with Gasteiger partial charge in [-0.1, -0.05) is 48.5 Å². The Hall–Kier alpha value is -4.31. The van der Waals surface area contributed by atoms with E-state index in [0.29, 0.717) is 17.7 Å². The van der Waals surface area contributed by atoms with E-state index in [-0.39, 0.29) is 5.91 Å². The number of aldehydes is 1. The molecule has 0 bridgehead atoms. The Bertz CT molecular complexity index is 1750. The minimum atomic E-state index is -0.0724. The van der Waals surface area contributed by atoms with E-state index >= 15 is 0 Å². The molecule has 1 amide bonds. The number of nitrogens with zero attached hydrogens (tertiary/aromatic N) is 1. The third kappa shape index (κ3) is 3.25. The standard InChI is InChI=1S/C31H24N2O2/c1-18-5-8-22-25-11-12-26(31(35)33-15-13-20-4-3-14-32-16-20)28-19(2)6-9-23(30(25)28)24-10-7-21(17-34)27(18)29(22)24/h3-12,14,16-17H,13,15H2,1-2H3,(H,33,35). The maximum absolute atomic E-state index is 13.3. The third-order valence-electron chi connectivity index (χ3n) is 7.14. The van der Waals surface area contributed by atoms with Gasteiger partial charge in [0.25, 0.3) is 5.91 Å². The van der Waals surface area contributed by atoms with Gasteiger partial charge in [0, 0.05) is 30.1 Å². The first-order valence-corrected chi connectivity index (χ1v) is 11.8. The molecule has 4 nitrogen and oxygen atoms in total. The van der Waals surface area contributed by atoms with E-state index in [1.165, 1.54) is 0 Å². The lowest BCUT2D eigenvalue weighted by molar-refractivity contribution is 0.0955. The summed E-state index contributed by atoms with van der Waals surface area (Å²) >= 11 is 0. The highest BCUT2D eigenvalue weighted by Gasteiger charge is 2.20. The van der Waals surface area contributed by atoms with Crippen LogP contribution in [0, 0.1) is 13.8 Å². The summed E-state index contributed by atoms with van der Waals surface area (Å²) in [6.07, 6.45) is 5.25. The molecule has 1 N–H and O–H groups in total. The van der Waals surface area contributed by atoms with Crippen molar-refractivity contribution < 1.29 is 9.59 Å². The molecule has 6 aromatic rings. The summed E-state index contributed by atoms with van der Waals surface area (Å²) in [4.78, 5) is 29.3. The molecule has 170 valence electrons. The number of benzene rings is 5. The summed E-state index contributed by atoms with van der Waals surface area (Å²) in [6, 6.07) is 20.3. The van der Waals surface area contributed by atoms with Crippen LogP contribution in [-0.2, 0) is 6.42 Å². The van der Waals surface area contributed by atoms with E-state index in [1.807, 2.05) is 36.5 Å². The van der Waals surface area contributed by atoms with Gasteiger partial charge in [0.15, 0.2) is 6.29 Å². The Labute approximate surface area is 202 Å². The van der Waals surface area contributed by atoms with Crippen LogP contribution in [0.3, 0.4) is 0 Å². The zero-order valence-corrected chi connectivity index (χ0v) is 19.7. The number of pyridine rings is 1. The molecule has 0 radical (unpaired) electrons. The number of amides is 1. The normalized spacial score (nSPS) is 11.6. The second-order valence-electron chi connectivity index (χ2n) is 9.21. The number of hydrogen-bond donors (Lipinski definition) is 1. The summed E-state index contributed by atoms with van der Waals surface area (Å²) in [5, 5.41) is 11.7. The molecule has 0 spiro atoms. The van der Waals surface area contributed by atoms with Crippen molar-refractivity contribution in [1.82, 2.24) is 10.3 Å². The van der Waals surface area contributed by atoms with Crippen molar-refractivity contribution in [1.29, 1.82) is 0 Å². The van der Waals surface area contributed by atoms with Gasteiger partial charge >= 0.3 is 0 Å². The molecule has 0 fully saturated rings. The summed E-state index contributed by atoms with van der Waals surface area (Å²) < 4.78 is 0. The van der Waals surface area contributed by atoms with E-state index in [1.54, 1.807) is 6.20 Å². The fourth-order valence-electron chi connectivity index (χ4n) is 5.51. The van der Waals surface area contributed by atoms with Crippen LogP contribution in [0.4, 0.5) is 0 Å². The zero-order valence-electron chi connectivity index (χ0n) is 19.7.